The minimum absolute atomic E-state index is 0.102. The minimum atomic E-state index is -0.199. The van der Waals surface area contributed by atoms with Crippen LogP contribution in [0.2, 0.25) is 0 Å². The molecule has 1 aromatic heterocycles. The number of ether oxygens (including phenoxy) is 1. The van der Waals surface area contributed by atoms with Gasteiger partial charge in [0.25, 0.3) is 5.91 Å². The van der Waals surface area contributed by atoms with Gasteiger partial charge in [0.2, 0.25) is 11.8 Å². The van der Waals surface area contributed by atoms with Gasteiger partial charge in [-0.15, -0.1) is 10.2 Å². The first-order valence-electron chi connectivity index (χ1n) is 10.1. The highest BCUT2D eigenvalue weighted by Gasteiger charge is 2.12. The summed E-state index contributed by atoms with van der Waals surface area (Å²) in [5.74, 6) is 1.44. The highest BCUT2D eigenvalue weighted by atomic mass is 16.5. The van der Waals surface area contributed by atoms with E-state index >= 15 is 0 Å². The van der Waals surface area contributed by atoms with Gasteiger partial charge in [0.05, 0.1) is 6.10 Å². The molecule has 0 aliphatic heterocycles. The molecule has 6 heteroatoms. The molecular formula is C25H23N3O3. The van der Waals surface area contributed by atoms with E-state index in [9.17, 15) is 4.79 Å². The zero-order valence-electron chi connectivity index (χ0n) is 17.6. The lowest BCUT2D eigenvalue weighted by Gasteiger charge is -2.10. The van der Waals surface area contributed by atoms with Crippen molar-refractivity contribution < 1.29 is 13.9 Å². The molecule has 6 nitrogen and oxygen atoms in total. The third-order valence-corrected chi connectivity index (χ3v) is 4.57. The van der Waals surface area contributed by atoms with Crippen molar-refractivity contribution in [1.29, 1.82) is 0 Å². The number of rotatable bonds is 6. The maximum atomic E-state index is 12.6. The van der Waals surface area contributed by atoms with Crippen molar-refractivity contribution in [3.05, 3.63) is 83.9 Å². The van der Waals surface area contributed by atoms with Gasteiger partial charge in [-0.1, -0.05) is 17.7 Å². The molecule has 156 valence electrons. The molecule has 3 aromatic carbocycles. The molecule has 0 unspecified atom stereocenters. The highest BCUT2D eigenvalue weighted by Crippen LogP contribution is 2.25. The summed E-state index contributed by atoms with van der Waals surface area (Å²) < 4.78 is 11.4. The second kappa shape index (κ2) is 8.83. The van der Waals surface area contributed by atoms with Gasteiger partial charge in [0, 0.05) is 22.4 Å². The fourth-order valence-corrected chi connectivity index (χ4v) is 3.09. The van der Waals surface area contributed by atoms with Crippen LogP contribution in [0.25, 0.3) is 22.9 Å². The number of nitrogens with zero attached hydrogens (tertiary/aromatic N) is 2. The fourth-order valence-electron chi connectivity index (χ4n) is 3.09. The van der Waals surface area contributed by atoms with Crippen molar-refractivity contribution in [2.45, 2.75) is 26.9 Å². The number of carbonyl (C=O) groups is 1. The van der Waals surface area contributed by atoms with Crippen LogP contribution in [-0.2, 0) is 0 Å². The van der Waals surface area contributed by atoms with Crippen LogP contribution in [0, 0.1) is 6.92 Å². The van der Waals surface area contributed by atoms with E-state index in [1.165, 1.54) is 0 Å². The summed E-state index contributed by atoms with van der Waals surface area (Å²) in [5, 5.41) is 11.2. The van der Waals surface area contributed by atoms with E-state index in [0.717, 1.165) is 22.4 Å². The standard InChI is InChI=1S/C25H23N3O3/c1-16(2)30-22-13-11-21(12-14-22)26-23(29)18-7-9-19(10-8-18)24-27-28-25(31-24)20-6-4-5-17(3)15-20/h4-16H,1-3H3,(H,26,29). The van der Waals surface area contributed by atoms with Crippen molar-refractivity contribution >= 4 is 11.6 Å². The highest BCUT2D eigenvalue weighted by molar-refractivity contribution is 6.04. The first kappa shape index (κ1) is 20.3. The summed E-state index contributed by atoms with van der Waals surface area (Å²) >= 11 is 0. The first-order valence-corrected chi connectivity index (χ1v) is 10.1. The SMILES string of the molecule is Cc1cccc(-c2nnc(-c3ccc(C(=O)Nc4ccc(OC(C)C)cc4)cc3)o2)c1. The van der Waals surface area contributed by atoms with Gasteiger partial charge in [-0.25, -0.2) is 0 Å². The van der Waals surface area contributed by atoms with E-state index in [1.807, 2.05) is 69.3 Å². The van der Waals surface area contributed by atoms with E-state index in [2.05, 4.69) is 15.5 Å². The van der Waals surface area contributed by atoms with Gasteiger partial charge in [-0.05, 0) is 81.4 Å². The Morgan fingerprint density at radius 3 is 2.23 bits per heavy atom. The molecular weight excluding hydrogens is 390 g/mol. The van der Waals surface area contributed by atoms with Crippen molar-refractivity contribution in [3.8, 4) is 28.7 Å². The molecule has 0 aliphatic rings. The number of benzene rings is 3. The Balaban J connectivity index is 1.44. The van der Waals surface area contributed by atoms with Crippen molar-refractivity contribution in [2.24, 2.45) is 0 Å². The summed E-state index contributed by atoms with van der Waals surface area (Å²) in [7, 11) is 0. The van der Waals surface area contributed by atoms with Gasteiger partial charge < -0.3 is 14.5 Å². The Morgan fingerprint density at radius 1 is 0.903 bits per heavy atom. The molecule has 0 saturated carbocycles. The van der Waals surface area contributed by atoms with Gasteiger partial charge >= 0.3 is 0 Å². The average Bonchev–Trinajstić information content (AvgIpc) is 3.25. The maximum absolute atomic E-state index is 12.6. The molecule has 0 saturated heterocycles. The minimum Gasteiger partial charge on any atom is -0.491 e. The fraction of sp³-hybridized carbons (Fsp3) is 0.160. The molecule has 4 aromatic rings. The lowest BCUT2D eigenvalue weighted by Crippen LogP contribution is -2.11. The molecule has 0 atom stereocenters. The Kier molecular flexibility index (Phi) is 5.80. The number of nitrogens with one attached hydrogen (secondary N) is 1. The van der Waals surface area contributed by atoms with Crippen LogP contribution in [-0.4, -0.2) is 22.2 Å². The second-order valence-electron chi connectivity index (χ2n) is 7.50. The van der Waals surface area contributed by atoms with Crippen LogP contribution >= 0.6 is 0 Å². The largest absolute Gasteiger partial charge is 0.491 e. The van der Waals surface area contributed by atoms with Crippen LogP contribution in [0.1, 0.15) is 29.8 Å². The first-order chi connectivity index (χ1) is 15.0. The third-order valence-electron chi connectivity index (χ3n) is 4.57. The third kappa shape index (κ3) is 4.98. The van der Waals surface area contributed by atoms with E-state index in [0.29, 0.717) is 23.0 Å². The number of anilines is 1. The van der Waals surface area contributed by atoms with E-state index in [-0.39, 0.29) is 12.0 Å². The van der Waals surface area contributed by atoms with Crippen LogP contribution in [0.3, 0.4) is 0 Å². The van der Waals surface area contributed by atoms with Crippen LogP contribution < -0.4 is 10.1 Å². The summed E-state index contributed by atoms with van der Waals surface area (Å²) in [6.07, 6.45) is 0.102. The molecule has 4 rings (SSSR count). The molecule has 0 spiro atoms. The summed E-state index contributed by atoms with van der Waals surface area (Å²) in [4.78, 5) is 12.6. The van der Waals surface area contributed by atoms with Gasteiger partial charge in [-0.2, -0.15) is 0 Å². The Bertz CT molecular complexity index is 1180. The molecule has 31 heavy (non-hydrogen) atoms. The lowest BCUT2D eigenvalue weighted by molar-refractivity contribution is 0.102. The Morgan fingerprint density at radius 2 is 1.58 bits per heavy atom. The summed E-state index contributed by atoms with van der Waals surface area (Å²) in [6, 6.07) is 22.2. The average molecular weight is 413 g/mol. The number of amides is 1. The molecule has 1 N–H and O–H groups in total. The maximum Gasteiger partial charge on any atom is 0.255 e. The second-order valence-corrected chi connectivity index (χ2v) is 7.50. The predicted octanol–water partition coefficient (Wildman–Crippen LogP) is 5.75. The normalized spacial score (nSPS) is 10.8. The van der Waals surface area contributed by atoms with E-state index < -0.39 is 0 Å². The van der Waals surface area contributed by atoms with Gasteiger partial charge in [0.1, 0.15) is 5.75 Å². The molecule has 0 aliphatic carbocycles. The lowest BCUT2D eigenvalue weighted by atomic mass is 10.1. The van der Waals surface area contributed by atoms with Crippen molar-refractivity contribution in [2.75, 3.05) is 5.32 Å². The Hall–Kier alpha value is -3.93. The van der Waals surface area contributed by atoms with Gasteiger partial charge in [-0.3, -0.25) is 4.79 Å². The van der Waals surface area contributed by atoms with Crippen molar-refractivity contribution in [1.82, 2.24) is 10.2 Å². The van der Waals surface area contributed by atoms with E-state index in [1.54, 1.807) is 24.3 Å². The topological polar surface area (TPSA) is 77.2 Å². The number of carbonyl (C=O) groups excluding carboxylic acids is 1. The molecule has 0 bridgehead atoms. The van der Waals surface area contributed by atoms with E-state index in [4.69, 9.17) is 9.15 Å². The summed E-state index contributed by atoms with van der Waals surface area (Å²) in [5.41, 5.74) is 3.97. The monoisotopic (exact) mass is 413 g/mol. The zero-order valence-corrected chi connectivity index (χ0v) is 17.6. The zero-order chi connectivity index (χ0) is 21.8. The number of aryl methyl sites for hydroxylation is 1. The Labute approximate surface area is 180 Å². The van der Waals surface area contributed by atoms with Gasteiger partial charge in [0.15, 0.2) is 0 Å². The molecule has 0 radical (unpaired) electrons. The quantitative estimate of drug-likeness (QED) is 0.435. The molecule has 1 amide bonds. The van der Waals surface area contributed by atoms with Crippen LogP contribution in [0.5, 0.6) is 5.75 Å². The van der Waals surface area contributed by atoms with Crippen LogP contribution in [0.15, 0.2) is 77.2 Å². The number of hydrogen-bond acceptors (Lipinski definition) is 5. The van der Waals surface area contributed by atoms with Crippen molar-refractivity contribution in [3.63, 3.8) is 0 Å². The summed E-state index contributed by atoms with van der Waals surface area (Å²) in [6.45, 7) is 5.95. The smallest absolute Gasteiger partial charge is 0.255 e. The van der Waals surface area contributed by atoms with Crippen LogP contribution in [0.4, 0.5) is 5.69 Å². The molecule has 0 fully saturated rings. The molecule has 1 heterocycles. The number of aromatic nitrogens is 2. The number of hydrogen-bond donors (Lipinski definition) is 1. The predicted molar refractivity (Wildman–Crippen MR) is 120 cm³/mol.